The molecule has 0 radical (unpaired) electrons. The molecule has 1 heterocycles. The zero-order valence-electron chi connectivity index (χ0n) is 10.6. The zero-order chi connectivity index (χ0) is 12.3. The van der Waals surface area contributed by atoms with Gasteiger partial charge < -0.3 is 9.64 Å². The summed E-state index contributed by atoms with van der Waals surface area (Å²) in [6, 6.07) is 0. The first-order valence-electron chi connectivity index (χ1n) is 5.84. The average Bonchev–Trinajstić information content (AvgIpc) is 1.97. The normalized spacial score (nSPS) is 16.9. The van der Waals surface area contributed by atoms with Gasteiger partial charge in [-0.1, -0.05) is 6.92 Å². The van der Waals surface area contributed by atoms with E-state index in [1.807, 2.05) is 27.7 Å². The molecule has 1 fully saturated rings. The summed E-state index contributed by atoms with van der Waals surface area (Å²) >= 11 is 0. The molecule has 92 valence electrons. The van der Waals surface area contributed by atoms with E-state index in [1.165, 1.54) is 0 Å². The molecule has 0 saturated carbocycles. The second-order valence-corrected chi connectivity index (χ2v) is 5.30. The smallest absolute Gasteiger partial charge is 0.410 e. The van der Waals surface area contributed by atoms with Crippen molar-refractivity contribution in [2.24, 2.45) is 5.92 Å². The summed E-state index contributed by atoms with van der Waals surface area (Å²) in [6.07, 6.45) is 1.18. The molecular formula is C12H21NO3. The van der Waals surface area contributed by atoms with Gasteiger partial charge in [-0.2, -0.15) is 0 Å². The van der Waals surface area contributed by atoms with Gasteiger partial charge in [-0.05, 0) is 27.2 Å². The molecule has 1 rings (SSSR count). The number of amides is 1. The summed E-state index contributed by atoms with van der Waals surface area (Å²) in [7, 11) is 0. The Bertz CT molecular complexity index is 274. The summed E-state index contributed by atoms with van der Waals surface area (Å²) in [5.74, 6) is 0.301. The summed E-state index contributed by atoms with van der Waals surface area (Å²) < 4.78 is 5.21. The van der Waals surface area contributed by atoms with Crippen molar-refractivity contribution in [3.8, 4) is 0 Å². The molecule has 1 saturated heterocycles. The van der Waals surface area contributed by atoms with E-state index in [-0.39, 0.29) is 17.8 Å². The number of carbonyl (C=O) groups is 2. The van der Waals surface area contributed by atoms with Crippen LogP contribution in [-0.4, -0.2) is 35.5 Å². The number of likely N-dealkylation sites (tertiary alicyclic amines) is 1. The number of nitrogens with zero attached hydrogens (tertiary/aromatic N) is 1. The van der Waals surface area contributed by atoms with Crippen LogP contribution in [0.4, 0.5) is 4.79 Å². The van der Waals surface area contributed by atoms with E-state index < -0.39 is 5.60 Å². The molecule has 0 aromatic carbocycles. The molecule has 1 aliphatic heterocycles. The van der Waals surface area contributed by atoms with E-state index >= 15 is 0 Å². The van der Waals surface area contributed by atoms with Gasteiger partial charge in [0.05, 0.1) is 5.92 Å². The lowest BCUT2D eigenvalue weighted by Crippen LogP contribution is -2.54. The first kappa shape index (κ1) is 13.0. The standard InChI is InChI=1S/C12H21NO3/c1-5-6-10(14)9-7-13(8-9)11(15)16-12(2,3)4/h9H,5-8H2,1-4H3. The van der Waals surface area contributed by atoms with Gasteiger partial charge in [0.1, 0.15) is 11.4 Å². The maximum absolute atomic E-state index is 11.6. The molecule has 0 aromatic rings. The van der Waals surface area contributed by atoms with Crippen LogP contribution >= 0.6 is 0 Å². The fraction of sp³-hybridized carbons (Fsp3) is 0.833. The summed E-state index contributed by atoms with van der Waals surface area (Å²) in [5.41, 5.74) is -0.463. The Kier molecular flexibility index (Phi) is 3.94. The minimum absolute atomic E-state index is 0.0347. The van der Waals surface area contributed by atoms with Crippen molar-refractivity contribution in [1.29, 1.82) is 0 Å². The van der Waals surface area contributed by atoms with Crippen LogP contribution in [0.2, 0.25) is 0 Å². The first-order valence-corrected chi connectivity index (χ1v) is 5.84. The molecule has 0 bridgehead atoms. The Labute approximate surface area is 96.9 Å². The molecule has 0 unspecified atom stereocenters. The van der Waals surface area contributed by atoms with Crippen LogP contribution in [0.15, 0.2) is 0 Å². The Balaban J connectivity index is 2.30. The molecular weight excluding hydrogens is 206 g/mol. The average molecular weight is 227 g/mol. The minimum atomic E-state index is -0.463. The number of Topliss-reactive ketones (excluding diaryl/α,β-unsaturated/α-hetero) is 1. The van der Waals surface area contributed by atoms with Crippen molar-refractivity contribution >= 4 is 11.9 Å². The highest BCUT2D eigenvalue weighted by Crippen LogP contribution is 2.21. The number of ketones is 1. The first-order chi connectivity index (χ1) is 7.33. The van der Waals surface area contributed by atoms with E-state index in [4.69, 9.17) is 4.74 Å². The van der Waals surface area contributed by atoms with E-state index in [0.717, 1.165) is 6.42 Å². The van der Waals surface area contributed by atoms with Crippen LogP contribution in [0.25, 0.3) is 0 Å². The van der Waals surface area contributed by atoms with Crippen molar-refractivity contribution in [3.63, 3.8) is 0 Å². The molecule has 0 aromatic heterocycles. The lowest BCUT2D eigenvalue weighted by atomic mass is 9.93. The highest BCUT2D eigenvalue weighted by molar-refractivity contribution is 5.84. The molecule has 0 aliphatic carbocycles. The number of hydrogen-bond donors (Lipinski definition) is 0. The topological polar surface area (TPSA) is 46.6 Å². The van der Waals surface area contributed by atoms with Gasteiger partial charge in [0.2, 0.25) is 0 Å². The van der Waals surface area contributed by atoms with Gasteiger partial charge in [0.15, 0.2) is 0 Å². The quantitative estimate of drug-likeness (QED) is 0.742. The molecule has 4 nitrogen and oxygen atoms in total. The van der Waals surface area contributed by atoms with Crippen molar-refractivity contribution in [2.45, 2.75) is 46.1 Å². The van der Waals surface area contributed by atoms with Crippen molar-refractivity contribution in [1.82, 2.24) is 4.90 Å². The van der Waals surface area contributed by atoms with E-state index in [2.05, 4.69) is 0 Å². The van der Waals surface area contributed by atoms with Gasteiger partial charge in [-0.3, -0.25) is 4.79 Å². The third kappa shape index (κ3) is 3.51. The van der Waals surface area contributed by atoms with Crippen LogP contribution in [-0.2, 0) is 9.53 Å². The lowest BCUT2D eigenvalue weighted by Gasteiger charge is -2.38. The van der Waals surface area contributed by atoms with Crippen LogP contribution in [0.3, 0.4) is 0 Å². The number of rotatable bonds is 3. The predicted octanol–water partition coefficient (Wildman–Crippen LogP) is 2.22. The van der Waals surface area contributed by atoms with E-state index in [9.17, 15) is 9.59 Å². The molecule has 1 aliphatic rings. The fourth-order valence-electron chi connectivity index (χ4n) is 1.61. The molecule has 4 heteroatoms. The molecule has 16 heavy (non-hydrogen) atoms. The Morgan fingerprint density at radius 2 is 1.88 bits per heavy atom. The number of ether oxygens (including phenoxy) is 1. The lowest BCUT2D eigenvalue weighted by molar-refractivity contribution is -0.127. The largest absolute Gasteiger partial charge is 0.444 e. The van der Waals surface area contributed by atoms with Gasteiger partial charge in [-0.25, -0.2) is 4.79 Å². The summed E-state index contributed by atoms with van der Waals surface area (Å²) in [4.78, 5) is 24.6. The maximum Gasteiger partial charge on any atom is 0.410 e. The van der Waals surface area contributed by atoms with Crippen molar-refractivity contribution in [2.75, 3.05) is 13.1 Å². The van der Waals surface area contributed by atoms with Crippen LogP contribution in [0.5, 0.6) is 0 Å². The predicted molar refractivity (Wildman–Crippen MR) is 61.2 cm³/mol. The van der Waals surface area contributed by atoms with Crippen LogP contribution in [0, 0.1) is 5.92 Å². The molecule has 0 spiro atoms. The minimum Gasteiger partial charge on any atom is -0.444 e. The van der Waals surface area contributed by atoms with Gasteiger partial charge >= 0.3 is 6.09 Å². The Morgan fingerprint density at radius 3 is 2.31 bits per heavy atom. The van der Waals surface area contributed by atoms with Gasteiger partial charge in [0.25, 0.3) is 0 Å². The van der Waals surface area contributed by atoms with Crippen molar-refractivity contribution in [3.05, 3.63) is 0 Å². The number of hydrogen-bond acceptors (Lipinski definition) is 3. The number of carbonyl (C=O) groups excluding carboxylic acids is 2. The maximum atomic E-state index is 11.6. The molecule has 0 atom stereocenters. The highest BCUT2D eigenvalue weighted by atomic mass is 16.6. The van der Waals surface area contributed by atoms with Gasteiger partial charge in [-0.15, -0.1) is 0 Å². The SMILES string of the molecule is CCCC(=O)C1CN(C(=O)OC(C)(C)C)C1. The second kappa shape index (κ2) is 4.85. The molecule has 0 N–H and O–H groups in total. The Hall–Kier alpha value is -1.06. The zero-order valence-corrected chi connectivity index (χ0v) is 10.6. The van der Waals surface area contributed by atoms with E-state index in [0.29, 0.717) is 19.5 Å². The monoisotopic (exact) mass is 227 g/mol. The van der Waals surface area contributed by atoms with Crippen LogP contribution in [0.1, 0.15) is 40.5 Å². The third-order valence-electron chi connectivity index (χ3n) is 2.48. The third-order valence-corrected chi connectivity index (χ3v) is 2.48. The summed E-state index contributed by atoms with van der Waals surface area (Å²) in [6.45, 7) is 8.54. The van der Waals surface area contributed by atoms with Crippen molar-refractivity contribution < 1.29 is 14.3 Å². The highest BCUT2D eigenvalue weighted by Gasteiger charge is 2.36. The summed E-state index contributed by atoms with van der Waals surface area (Å²) in [5, 5.41) is 0. The second-order valence-electron chi connectivity index (χ2n) is 5.30. The Morgan fingerprint density at radius 1 is 1.31 bits per heavy atom. The molecule has 1 amide bonds. The fourth-order valence-corrected chi connectivity index (χ4v) is 1.61. The van der Waals surface area contributed by atoms with Gasteiger partial charge in [0, 0.05) is 19.5 Å². The van der Waals surface area contributed by atoms with E-state index in [1.54, 1.807) is 4.90 Å². The van der Waals surface area contributed by atoms with Crippen LogP contribution < -0.4 is 0 Å².